The van der Waals surface area contributed by atoms with E-state index in [1.807, 2.05) is 25.1 Å². The Bertz CT molecular complexity index is 519. The van der Waals surface area contributed by atoms with Crippen LogP contribution in [-0.4, -0.2) is 18.2 Å². The Hall–Kier alpha value is -1.38. The van der Waals surface area contributed by atoms with Gasteiger partial charge in [-0.1, -0.05) is 43.3 Å². The van der Waals surface area contributed by atoms with E-state index in [0.717, 1.165) is 18.5 Å². The summed E-state index contributed by atoms with van der Waals surface area (Å²) in [6.07, 6.45) is 1.08. The molecule has 2 aromatic rings. The molecule has 2 N–H and O–H groups in total. The number of aliphatic hydroxyl groups is 1. The normalized spacial score (nSPS) is 14.6. The highest BCUT2D eigenvalue weighted by Gasteiger charge is 2.22. The second-order valence-electron chi connectivity index (χ2n) is 5.01. The third-order valence-electron chi connectivity index (χ3n) is 3.27. The van der Waals surface area contributed by atoms with Gasteiger partial charge >= 0.3 is 0 Å². The Morgan fingerprint density at radius 1 is 1.11 bits per heavy atom. The maximum absolute atomic E-state index is 10.5. The lowest BCUT2D eigenvalue weighted by Crippen LogP contribution is -2.35. The third-order valence-corrected chi connectivity index (χ3v) is 3.27. The molecule has 1 atom stereocenters. The van der Waals surface area contributed by atoms with Gasteiger partial charge in [0.15, 0.2) is 0 Å². The van der Waals surface area contributed by atoms with Gasteiger partial charge in [0.1, 0.15) is 0 Å². The van der Waals surface area contributed by atoms with Crippen LogP contribution in [0.15, 0.2) is 42.5 Å². The third kappa shape index (κ3) is 2.89. The lowest BCUT2D eigenvalue weighted by Gasteiger charge is -2.24. The Morgan fingerprint density at radius 3 is 2.56 bits per heavy atom. The number of nitrogens with one attached hydrogen (secondary N) is 1. The van der Waals surface area contributed by atoms with E-state index in [2.05, 4.69) is 36.5 Å². The van der Waals surface area contributed by atoms with Crippen LogP contribution in [0.2, 0.25) is 0 Å². The molecule has 1 unspecified atom stereocenters. The zero-order chi connectivity index (χ0) is 13.0. The van der Waals surface area contributed by atoms with E-state index in [9.17, 15) is 5.11 Å². The van der Waals surface area contributed by atoms with Crippen LogP contribution >= 0.6 is 0 Å². The zero-order valence-electron chi connectivity index (χ0n) is 11.1. The van der Waals surface area contributed by atoms with Crippen LogP contribution in [-0.2, 0) is 5.60 Å². The lowest BCUT2D eigenvalue weighted by atomic mass is 9.93. The highest BCUT2D eigenvalue weighted by atomic mass is 16.3. The Morgan fingerprint density at radius 2 is 1.83 bits per heavy atom. The maximum Gasteiger partial charge on any atom is 0.0992 e. The van der Waals surface area contributed by atoms with Gasteiger partial charge in [-0.25, -0.2) is 0 Å². The van der Waals surface area contributed by atoms with Crippen molar-refractivity contribution in [2.45, 2.75) is 25.9 Å². The standard InChI is InChI=1S/C16H21NO/c1-3-10-17-12-16(2,18)15-9-8-13-6-4-5-7-14(13)11-15/h4-9,11,17-18H,3,10,12H2,1-2H3. The monoisotopic (exact) mass is 243 g/mol. The number of fused-ring (bicyclic) bond motifs is 1. The van der Waals surface area contributed by atoms with Crippen LogP contribution in [0.4, 0.5) is 0 Å². The summed E-state index contributed by atoms with van der Waals surface area (Å²) < 4.78 is 0. The molecule has 0 saturated carbocycles. The molecule has 0 bridgehead atoms. The summed E-state index contributed by atoms with van der Waals surface area (Å²) in [5, 5.41) is 16.2. The first-order valence-electron chi connectivity index (χ1n) is 6.56. The predicted octanol–water partition coefficient (Wildman–Crippen LogP) is 3.05. The fraction of sp³-hybridized carbons (Fsp3) is 0.375. The fourth-order valence-electron chi connectivity index (χ4n) is 2.13. The van der Waals surface area contributed by atoms with Gasteiger partial charge < -0.3 is 10.4 Å². The van der Waals surface area contributed by atoms with Crippen molar-refractivity contribution < 1.29 is 5.11 Å². The molecule has 2 aromatic carbocycles. The number of rotatable bonds is 5. The molecular formula is C16H21NO. The molecule has 0 aromatic heterocycles. The molecule has 96 valence electrons. The van der Waals surface area contributed by atoms with E-state index in [1.165, 1.54) is 10.8 Å². The largest absolute Gasteiger partial charge is 0.384 e. The highest BCUT2D eigenvalue weighted by molar-refractivity contribution is 5.83. The van der Waals surface area contributed by atoms with E-state index < -0.39 is 5.60 Å². The van der Waals surface area contributed by atoms with Gasteiger partial charge in [0.05, 0.1) is 5.60 Å². The molecule has 0 radical (unpaired) electrons. The van der Waals surface area contributed by atoms with Crippen molar-refractivity contribution in [1.82, 2.24) is 5.32 Å². The number of benzene rings is 2. The van der Waals surface area contributed by atoms with Crippen molar-refractivity contribution >= 4 is 10.8 Å². The van der Waals surface area contributed by atoms with Gasteiger partial charge in [0.25, 0.3) is 0 Å². The van der Waals surface area contributed by atoms with Crippen molar-refractivity contribution in [3.8, 4) is 0 Å². The van der Waals surface area contributed by atoms with Gasteiger partial charge in [-0.15, -0.1) is 0 Å². The molecule has 0 aliphatic heterocycles. The quantitative estimate of drug-likeness (QED) is 0.791. The minimum absolute atomic E-state index is 0.583. The number of hydrogen-bond acceptors (Lipinski definition) is 2. The SMILES string of the molecule is CCCNCC(C)(O)c1ccc2ccccc2c1. The average molecular weight is 243 g/mol. The minimum Gasteiger partial charge on any atom is -0.384 e. The van der Waals surface area contributed by atoms with E-state index in [0.29, 0.717) is 6.54 Å². The summed E-state index contributed by atoms with van der Waals surface area (Å²) in [6.45, 7) is 5.50. The lowest BCUT2D eigenvalue weighted by molar-refractivity contribution is 0.0574. The van der Waals surface area contributed by atoms with Crippen molar-refractivity contribution in [3.63, 3.8) is 0 Å². The molecular weight excluding hydrogens is 222 g/mol. The van der Waals surface area contributed by atoms with Crippen molar-refractivity contribution in [3.05, 3.63) is 48.0 Å². The Kier molecular flexibility index (Phi) is 4.00. The smallest absolute Gasteiger partial charge is 0.0992 e. The second kappa shape index (κ2) is 5.51. The van der Waals surface area contributed by atoms with Crippen molar-refractivity contribution in [2.75, 3.05) is 13.1 Å². The van der Waals surface area contributed by atoms with Crippen LogP contribution in [0.5, 0.6) is 0 Å². The van der Waals surface area contributed by atoms with E-state index in [1.54, 1.807) is 0 Å². The van der Waals surface area contributed by atoms with Gasteiger partial charge in [0, 0.05) is 6.54 Å². The van der Waals surface area contributed by atoms with Gasteiger partial charge in [-0.2, -0.15) is 0 Å². The van der Waals surface area contributed by atoms with Crippen LogP contribution in [0.3, 0.4) is 0 Å². The molecule has 2 nitrogen and oxygen atoms in total. The second-order valence-corrected chi connectivity index (χ2v) is 5.01. The number of hydrogen-bond donors (Lipinski definition) is 2. The predicted molar refractivity (Wildman–Crippen MR) is 76.7 cm³/mol. The van der Waals surface area contributed by atoms with Gasteiger partial charge in [-0.05, 0) is 42.3 Å². The first-order chi connectivity index (χ1) is 8.63. The van der Waals surface area contributed by atoms with Crippen LogP contribution < -0.4 is 5.32 Å². The summed E-state index contributed by atoms with van der Waals surface area (Å²) >= 11 is 0. The van der Waals surface area contributed by atoms with Gasteiger partial charge in [-0.3, -0.25) is 0 Å². The highest BCUT2D eigenvalue weighted by Crippen LogP contribution is 2.24. The topological polar surface area (TPSA) is 32.3 Å². The van der Waals surface area contributed by atoms with Crippen LogP contribution in [0, 0.1) is 0 Å². The summed E-state index contributed by atoms with van der Waals surface area (Å²) in [4.78, 5) is 0. The molecule has 0 heterocycles. The molecule has 2 heteroatoms. The first-order valence-corrected chi connectivity index (χ1v) is 6.56. The van der Waals surface area contributed by atoms with Crippen LogP contribution in [0.25, 0.3) is 10.8 Å². The van der Waals surface area contributed by atoms with E-state index in [4.69, 9.17) is 0 Å². The molecule has 18 heavy (non-hydrogen) atoms. The molecule has 0 aliphatic carbocycles. The van der Waals surface area contributed by atoms with E-state index >= 15 is 0 Å². The summed E-state index contributed by atoms with van der Waals surface area (Å²) in [5.74, 6) is 0. The molecule has 0 aliphatic rings. The summed E-state index contributed by atoms with van der Waals surface area (Å²) in [6, 6.07) is 14.4. The summed E-state index contributed by atoms with van der Waals surface area (Å²) in [7, 11) is 0. The first kappa shape index (κ1) is 13.1. The summed E-state index contributed by atoms with van der Waals surface area (Å²) in [5.41, 5.74) is 0.143. The van der Waals surface area contributed by atoms with Crippen molar-refractivity contribution in [2.24, 2.45) is 0 Å². The zero-order valence-corrected chi connectivity index (χ0v) is 11.1. The maximum atomic E-state index is 10.5. The Labute approximate surface area is 109 Å². The molecule has 0 spiro atoms. The molecule has 0 amide bonds. The van der Waals surface area contributed by atoms with Crippen molar-refractivity contribution in [1.29, 1.82) is 0 Å². The molecule has 2 rings (SSSR count). The fourth-order valence-corrected chi connectivity index (χ4v) is 2.13. The van der Waals surface area contributed by atoms with Gasteiger partial charge in [0.2, 0.25) is 0 Å². The molecule has 0 saturated heterocycles. The minimum atomic E-state index is -0.820. The molecule has 0 fully saturated rings. The average Bonchev–Trinajstić information content (AvgIpc) is 2.38. The van der Waals surface area contributed by atoms with Crippen LogP contribution in [0.1, 0.15) is 25.8 Å². The van der Waals surface area contributed by atoms with E-state index in [-0.39, 0.29) is 0 Å². The Balaban J connectivity index is 2.23.